The molecule has 8 heteroatoms. The average Bonchev–Trinajstić information content (AvgIpc) is 3.09. The second-order valence-electron chi connectivity index (χ2n) is 8.55. The lowest BCUT2D eigenvalue weighted by atomic mass is 10.0. The minimum absolute atomic E-state index is 0.170. The first-order chi connectivity index (χ1) is 13.2. The molecule has 2 rings (SSSR count). The number of aryl methyl sites for hydroxylation is 1. The molecule has 0 aliphatic carbocycles. The number of aromatic nitrogens is 3. The van der Waals surface area contributed by atoms with Gasteiger partial charge in [0.05, 0.1) is 19.2 Å². The van der Waals surface area contributed by atoms with Crippen LogP contribution in [0, 0.1) is 0 Å². The van der Waals surface area contributed by atoms with Crippen LogP contribution in [0.3, 0.4) is 0 Å². The molecule has 0 spiro atoms. The molecule has 0 saturated heterocycles. The topological polar surface area (TPSA) is 88.7 Å². The fourth-order valence-corrected chi connectivity index (χ4v) is 3.79. The highest BCUT2D eigenvalue weighted by molar-refractivity contribution is 6.74. The first-order valence-corrected chi connectivity index (χ1v) is 12.8. The summed E-state index contributed by atoms with van der Waals surface area (Å²) >= 11 is 0. The fraction of sp³-hybridized carbons (Fsp3) is 0.600. The van der Waals surface area contributed by atoms with E-state index in [2.05, 4.69) is 66.1 Å². The summed E-state index contributed by atoms with van der Waals surface area (Å²) < 4.78 is 8.06. The standard InChI is InChI=1S/C20H32N6OSi/c1-20(2,3)28(4,5)27-15-14-26-19(22-16-23-26)18(24-25-21)13-9-12-17-10-7-6-8-11-17/h6-8,10-11,16,18H,9,12-15H2,1-5H3. The van der Waals surface area contributed by atoms with Gasteiger partial charge in [-0.2, -0.15) is 5.10 Å². The molecule has 0 aliphatic rings. The van der Waals surface area contributed by atoms with Gasteiger partial charge in [0.15, 0.2) is 8.32 Å². The van der Waals surface area contributed by atoms with Crippen LogP contribution in [0.2, 0.25) is 18.1 Å². The maximum atomic E-state index is 9.00. The third-order valence-electron chi connectivity index (χ3n) is 5.49. The van der Waals surface area contributed by atoms with Crippen molar-refractivity contribution in [2.75, 3.05) is 6.61 Å². The van der Waals surface area contributed by atoms with E-state index >= 15 is 0 Å². The number of rotatable bonds is 10. The summed E-state index contributed by atoms with van der Waals surface area (Å²) in [5.74, 6) is 0.713. The lowest BCUT2D eigenvalue weighted by Crippen LogP contribution is -2.41. The van der Waals surface area contributed by atoms with Crippen LogP contribution < -0.4 is 0 Å². The Morgan fingerprint density at radius 3 is 2.61 bits per heavy atom. The van der Waals surface area contributed by atoms with Gasteiger partial charge in [0.1, 0.15) is 12.2 Å². The molecule has 0 bridgehead atoms. The Balaban J connectivity index is 1.96. The molecule has 0 fully saturated rings. The lowest BCUT2D eigenvalue weighted by Gasteiger charge is -2.36. The molecule has 1 heterocycles. The van der Waals surface area contributed by atoms with Gasteiger partial charge >= 0.3 is 0 Å². The molecular formula is C20H32N6OSi. The smallest absolute Gasteiger partial charge is 0.192 e. The van der Waals surface area contributed by atoms with Gasteiger partial charge in [-0.3, -0.25) is 0 Å². The number of hydrogen-bond acceptors (Lipinski definition) is 4. The monoisotopic (exact) mass is 400 g/mol. The van der Waals surface area contributed by atoms with Crippen molar-refractivity contribution in [3.8, 4) is 0 Å². The van der Waals surface area contributed by atoms with Crippen molar-refractivity contribution in [3.05, 3.63) is 58.5 Å². The molecule has 2 aromatic rings. The van der Waals surface area contributed by atoms with Gasteiger partial charge < -0.3 is 4.43 Å². The minimum atomic E-state index is -1.80. The van der Waals surface area contributed by atoms with E-state index in [1.165, 1.54) is 11.9 Å². The zero-order valence-corrected chi connectivity index (χ0v) is 18.7. The van der Waals surface area contributed by atoms with Crippen molar-refractivity contribution < 1.29 is 4.43 Å². The summed E-state index contributed by atoms with van der Waals surface area (Å²) in [6.07, 6.45) is 4.13. The molecule has 0 radical (unpaired) electrons. The Kier molecular flexibility index (Phi) is 7.80. The normalized spacial score (nSPS) is 13.2. The first-order valence-electron chi connectivity index (χ1n) is 9.84. The first kappa shape index (κ1) is 22.1. The lowest BCUT2D eigenvalue weighted by molar-refractivity contribution is 0.262. The third-order valence-corrected chi connectivity index (χ3v) is 10.0. The highest BCUT2D eigenvalue weighted by atomic mass is 28.4. The molecule has 0 N–H and O–H groups in total. The van der Waals surface area contributed by atoms with Crippen molar-refractivity contribution in [3.63, 3.8) is 0 Å². The van der Waals surface area contributed by atoms with E-state index in [1.807, 2.05) is 22.9 Å². The predicted molar refractivity (Wildman–Crippen MR) is 114 cm³/mol. The second kappa shape index (κ2) is 9.86. The van der Waals surface area contributed by atoms with Crippen LogP contribution in [-0.2, 0) is 17.4 Å². The average molecular weight is 401 g/mol. The van der Waals surface area contributed by atoms with Gasteiger partial charge in [-0.25, -0.2) is 9.67 Å². The molecule has 1 atom stereocenters. The van der Waals surface area contributed by atoms with Crippen molar-refractivity contribution in [1.29, 1.82) is 0 Å². The summed E-state index contributed by atoms with van der Waals surface area (Å²) in [4.78, 5) is 7.40. The van der Waals surface area contributed by atoms with E-state index in [0.717, 1.165) is 19.3 Å². The molecule has 1 unspecified atom stereocenters. The van der Waals surface area contributed by atoms with Gasteiger partial charge in [0, 0.05) is 4.91 Å². The van der Waals surface area contributed by atoms with E-state index in [0.29, 0.717) is 19.0 Å². The molecular weight excluding hydrogens is 368 g/mol. The van der Waals surface area contributed by atoms with Crippen molar-refractivity contribution >= 4 is 8.32 Å². The zero-order valence-electron chi connectivity index (χ0n) is 17.7. The molecule has 152 valence electrons. The Morgan fingerprint density at radius 1 is 1.25 bits per heavy atom. The van der Waals surface area contributed by atoms with Crippen LogP contribution in [0.1, 0.15) is 51.0 Å². The van der Waals surface area contributed by atoms with Gasteiger partial charge in [-0.1, -0.05) is 56.2 Å². The molecule has 0 aliphatic heterocycles. The van der Waals surface area contributed by atoms with Crippen molar-refractivity contribution in [1.82, 2.24) is 14.8 Å². The third kappa shape index (κ3) is 6.19. The summed E-state index contributed by atoms with van der Waals surface area (Å²) in [6.45, 7) is 12.3. The van der Waals surface area contributed by atoms with Gasteiger partial charge in [-0.15, -0.1) is 0 Å². The molecule has 28 heavy (non-hydrogen) atoms. The van der Waals surface area contributed by atoms with Crippen LogP contribution in [0.4, 0.5) is 0 Å². The van der Waals surface area contributed by atoms with Crippen LogP contribution in [0.5, 0.6) is 0 Å². The SMILES string of the molecule is CC(C)(C)[Si](C)(C)OCCn1ncnc1C(CCCc1ccccc1)N=[N+]=[N-]. The fourth-order valence-electron chi connectivity index (χ4n) is 2.75. The molecule has 1 aromatic carbocycles. The molecule has 7 nitrogen and oxygen atoms in total. The van der Waals surface area contributed by atoms with Crippen LogP contribution in [-0.4, -0.2) is 29.7 Å². The van der Waals surface area contributed by atoms with E-state index < -0.39 is 8.32 Å². The van der Waals surface area contributed by atoms with E-state index in [1.54, 1.807) is 0 Å². The number of benzene rings is 1. The summed E-state index contributed by atoms with van der Waals surface area (Å²) in [6, 6.07) is 10.0. The van der Waals surface area contributed by atoms with Crippen molar-refractivity contribution in [2.24, 2.45) is 5.11 Å². The highest BCUT2D eigenvalue weighted by Crippen LogP contribution is 2.36. The maximum Gasteiger partial charge on any atom is 0.192 e. The van der Waals surface area contributed by atoms with E-state index in [4.69, 9.17) is 9.96 Å². The van der Waals surface area contributed by atoms with Crippen molar-refractivity contribution in [2.45, 2.75) is 70.8 Å². The Morgan fingerprint density at radius 2 is 1.96 bits per heavy atom. The highest BCUT2D eigenvalue weighted by Gasteiger charge is 2.37. The molecule has 0 saturated carbocycles. The summed E-state index contributed by atoms with van der Waals surface area (Å²) in [7, 11) is -1.80. The Bertz CT molecular complexity index is 777. The zero-order chi connectivity index (χ0) is 20.6. The Labute approximate surface area is 168 Å². The van der Waals surface area contributed by atoms with Gasteiger partial charge in [-0.05, 0) is 48.5 Å². The largest absolute Gasteiger partial charge is 0.415 e. The molecule has 1 aromatic heterocycles. The second-order valence-corrected chi connectivity index (χ2v) is 13.4. The quantitative estimate of drug-likeness (QED) is 0.222. The molecule has 0 amide bonds. The van der Waals surface area contributed by atoms with E-state index in [9.17, 15) is 0 Å². The summed E-state index contributed by atoms with van der Waals surface area (Å²) in [5, 5.41) is 8.47. The number of hydrogen-bond donors (Lipinski definition) is 0. The van der Waals surface area contributed by atoms with Crippen LogP contribution in [0.25, 0.3) is 10.4 Å². The van der Waals surface area contributed by atoms with Gasteiger partial charge in [0.2, 0.25) is 0 Å². The van der Waals surface area contributed by atoms with Crippen LogP contribution >= 0.6 is 0 Å². The predicted octanol–water partition coefficient (Wildman–Crippen LogP) is 5.67. The number of azide groups is 1. The maximum absolute atomic E-state index is 9.00. The minimum Gasteiger partial charge on any atom is -0.415 e. The summed E-state index contributed by atoms with van der Waals surface area (Å²) in [5.41, 5.74) is 10.3. The van der Waals surface area contributed by atoms with E-state index in [-0.39, 0.29) is 11.1 Å². The van der Waals surface area contributed by atoms with Gasteiger partial charge in [0.25, 0.3) is 0 Å². The number of nitrogens with zero attached hydrogens (tertiary/aromatic N) is 6. The van der Waals surface area contributed by atoms with Crippen LogP contribution in [0.15, 0.2) is 41.8 Å². The Hall–Kier alpha value is -2.15.